The third-order valence-corrected chi connectivity index (χ3v) is 5.83. The minimum Gasteiger partial charge on any atom is -0.331 e. The molecule has 1 aliphatic rings. The van der Waals surface area contributed by atoms with Gasteiger partial charge in [0.2, 0.25) is 0 Å². The molecule has 0 bridgehead atoms. The van der Waals surface area contributed by atoms with Crippen LogP contribution in [0.5, 0.6) is 0 Å². The first-order valence-electron chi connectivity index (χ1n) is 7.63. The molecule has 1 aromatic carbocycles. The highest BCUT2D eigenvalue weighted by Gasteiger charge is 2.36. The van der Waals surface area contributed by atoms with Crippen LogP contribution in [-0.2, 0) is 19.4 Å². The fourth-order valence-electron chi connectivity index (χ4n) is 2.85. The number of hydrogen-bond donors (Lipinski definition) is 1. The molecule has 2 rings (SSSR count). The lowest BCUT2D eigenvalue weighted by Gasteiger charge is -2.26. The third-order valence-electron chi connectivity index (χ3n) is 4.08. The second kappa shape index (κ2) is 6.70. The molecular weight excluding hydrogens is 316 g/mol. The van der Waals surface area contributed by atoms with Crippen molar-refractivity contribution < 1.29 is 18.0 Å². The van der Waals surface area contributed by atoms with Crippen molar-refractivity contribution in [1.82, 2.24) is 4.90 Å². The van der Waals surface area contributed by atoms with E-state index in [1.807, 2.05) is 26.0 Å². The number of nitrogens with zero attached hydrogens (tertiary/aromatic N) is 1. The van der Waals surface area contributed by atoms with Crippen LogP contribution in [0.25, 0.3) is 0 Å². The maximum atomic E-state index is 12.4. The van der Waals surface area contributed by atoms with Crippen LogP contribution < -0.4 is 5.32 Å². The summed E-state index contributed by atoms with van der Waals surface area (Å²) in [7, 11) is -3.11. The van der Waals surface area contributed by atoms with Gasteiger partial charge in [0, 0.05) is 18.3 Å². The van der Waals surface area contributed by atoms with E-state index in [0.29, 0.717) is 18.7 Å². The summed E-state index contributed by atoms with van der Waals surface area (Å²) in [5, 5.41) is 2.62. The molecule has 23 heavy (non-hydrogen) atoms. The van der Waals surface area contributed by atoms with E-state index in [1.54, 1.807) is 13.0 Å². The normalized spacial score (nSPS) is 19.3. The van der Waals surface area contributed by atoms with Crippen molar-refractivity contribution >= 4 is 27.3 Å². The minimum absolute atomic E-state index is 0.0661. The van der Waals surface area contributed by atoms with Gasteiger partial charge in [0.05, 0.1) is 11.5 Å². The summed E-state index contributed by atoms with van der Waals surface area (Å²) >= 11 is 0. The van der Waals surface area contributed by atoms with Crippen LogP contribution in [0.3, 0.4) is 0 Å². The Morgan fingerprint density at radius 2 is 2.00 bits per heavy atom. The van der Waals surface area contributed by atoms with Crippen LogP contribution in [0.1, 0.15) is 24.5 Å². The summed E-state index contributed by atoms with van der Waals surface area (Å²) in [4.78, 5) is 25.9. The summed E-state index contributed by atoms with van der Waals surface area (Å²) in [6, 6.07) is 5.11. The molecule has 1 heterocycles. The number of benzene rings is 1. The molecule has 0 saturated carbocycles. The predicted molar refractivity (Wildman–Crippen MR) is 89.0 cm³/mol. The highest BCUT2D eigenvalue weighted by atomic mass is 32.2. The number of anilines is 1. The molecule has 126 valence electrons. The van der Waals surface area contributed by atoms with Crippen LogP contribution in [0, 0.1) is 13.8 Å². The minimum atomic E-state index is -3.11. The van der Waals surface area contributed by atoms with Gasteiger partial charge in [0.25, 0.3) is 0 Å². The second-order valence-corrected chi connectivity index (χ2v) is 8.15. The summed E-state index contributed by atoms with van der Waals surface area (Å²) < 4.78 is 23.2. The summed E-state index contributed by atoms with van der Waals surface area (Å²) in [6.07, 6.45) is 0.388. The van der Waals surface area contributed by atoms with Gasteiger partial charge in [0.1, 0.15) is 0 Å². The number of sulfone groups is 1. The highest BCUT2D eigenvalue weighted by molar-refractivity contribution is 7.91. The smallest absolute Gasteiger partial charge is 0.313 e. The fourth-order valence-corrected chi connectivity index (χ4v) is 4.58. The van der Waals surface area contributed by atoms with Crippen molar-refractivity contribution in [2.75, 3.05) is 23.4 Å². The van der Waals surface area contributed by atoms with Crippen molar-refractivity contribution in [3.05, 3.63) is 29.3 Å². The molecule has 1 atom stereocenters. The zero-order valence-corrected chi connectivity index (χ0v) is 14.4. The van der Waals surface area contributed by atoms with E-state index < -0.39 is 27.7 Å². The first-order chi connectivity index (χ1) is 10.7. The summed E-state index contributed by atoms with van der Waals surface area (Å²) in [5.74, 6) is -1.42. The largest absolute Gasteiger partial charge is 0.331 e. The summed E-state index contributed by atoms with van der Waals surface area (Å²) in [5.41, 5.74) is 2.53. The lowest BCUT2D eigenvalue weighted by atomic mass is 10.1. The molecule has 6 nitrogen and oxygen atoms in total. The van der Waals surface area contributed by atoms with E-state index in [1.165, 1.54) is 4.90 Å². The molecule has 2 amide bonds. The van der Waals surface area contributed by atoms with Crippen LogP contribution in [0.15, 0.2) is 18.2 Å². The van der Waals surface area contributed by atoms with Crippen molar-refractivity contribution in [1.29, 1.82) is 0 Å². The van der Waals surface area contributed by atoms with Crippen LogP contribution in [-0.4, -0.2) is 49.2 Å². The van der Waals surface area contributed by atoms with Crippen molar-refractivity contribution in [3.8, 4) is 0 Å². The van der Waals surface area contributed by atoms with Gasteiger partial charge in [0.15, 0.2) is 9.84 Å². The number of carbonyl (C=O) groups is 2. The Hall–Kier alpha value is -1.89. The Morgan fingerprint density at radius 3 is 2.52 bits per heavy atom. The van der Waals surface area contributed by atoms with E-state index >= 15 is 0 Å². The van der Waals surface area contributed by atoms with Crippen LogP contribution >= 0.6 is 0 Å². The average molecular weight is 338 g/mol. The van der Waals surface area contributed by atoms with Crippen LogP contribution in [0.2, 0.25) is 0 Å². The van der Waals surface area contributed by atoms with E-state index in [-0.39, 0.29) is 11.5 Å². The Labute approximate surface area is 136 Å². The number of likely N-dealkylation sites (N-methyl/N-ethyl adjacent to an activating group) is 1. The molecule has 7 heteroatoms. The molecule has 1 N–H and O–H groups in total. The Bertz CT molecular complexity index is 728. The molecule has 1 fully saturated rings. The molecule has 1 saturated heterocycles. The Morgan fingerprint density at radius 1 is 1.30 bits per heavy atom. The van der Waals surface area contributed by atoms with Crippen molar-refractivity contribution in [3.63, 3.8) is 0 Å². The van der Waals surface area contributed by atoms with Gasteiger partial charge in [-0.3, -0.25) is 9.59 Å². The van der Waals surface area contributed by atoms with Crippen molar-refractivity contribution in [2.45, 2.75) is 33.2 Å². The van der Waals surface area contributed by atoms with E-state index in [4.69, 9.17) is 0 Å². The first-order valence-corrected chi connectivity index (χ1v) is 9.45. The zero-order valence-electron chi connectivity index (χ0n) is 13.6. The van der Waals surface area contributed by atoms with Crippen LogP contribution in [0.4, 0.5) is 5.69 Å². The monoisotopic (exact) mass is 338 g/mol. The average Bonchev–Trinajstić information content (AvgIpc) is 2.82. The Kier molecular flexibility index (Phi) is 5.09. The molecule has 1 aliphatic heterocycles. The van der Waals surface area contributed by atoms with E-state index in [9.17, 15) is 18.0 Å². The molecule has 1 aromatic rings. The SMILES string of the molecule is CCN(C(=O)C(=O)Nc1ccc(C)cc1C)C1CCS(=O)(=O)C1. The number of amides is 2. The first kappa shape index (κ1) is 17.5. The quantitative estimate of drug-likeness (QED) is 0.842. The standard InChI is InChI=1S/C16H22N2O4S/c1-4-18(13-7-8-23(21,22)10-13)16(20)15(19)17-14-6-5-11(2)9-12(14)3/h5-6,9,13H,4,7-8,10H2,1-3H3,(H,17,19). The zero-order chi connectivity index (χ0) is 17.2. The van der Waals surface area contributed by atoms with Crippen molar-refractivity contribution in [2.24, 2.45) is 0 Å². The number of aryl methyl sites for hydroxylation is 2. The van der Waals surface area contributed by atoms with Gasteiger partial charge >= 0.3 is 11.8 Å². The number of carbonyl (C=O) groups excluding carboxylic acids is 2. The van der Waals surface area contributed by atoms with E-state index in [0.717, 1.165) is 11.1 Å². The number of nitrogens with one attached hydrogen (secondary N) is 1. The number of hydrogen-bond acceptors (Lipinski definition) is 4. The van der Waals surface area contributed by atoms with Gasteiger partial charge < -0.3 is 10.2 Å². The molecule has 0 radical (unpaired) electrons. The fraction of sp³-hybridized carbons (Fsp3) is 0.500. The second-order valence-electron chi connectivity index (χ2n) is 5.92. The molecule has 0 spiro atoms. The lowest BCUT2D eigenvalue weighted by Crippen LogP contribution is -2.46. The van der Waals surface area contributed by atoms with Gasteiger partial charge in [-0.1, -0.05) is 17.7 Å². The Balaban J connectivity index is 2.10. The maximum absolute atomic E-state index is 12.4. The third kappa shape index (κ3) is 4.10. The lowest BCUT2D eigenvalue weighted by molar-refractivity contribution is -0.144. The predicted octanol–water partition coefficient (Wildman–Crippen LogP) is 1.28. The molecular formula is C16H22N2O4S. The van der Waals surface area contributed by atoms with Gasteiger partial charge in [-0.25, -0.2) is 8.42 Å². The number of rotatable bonds is 3. The van der Waals surface area contributed by atoms with Gasteiger partial charge in [-0.05, 0) is 38.8 Å². The van der Waals surface area contributed by atoms with Gasteiger partial charge in [-0.15, -0.1) is 0 Å². The maximum Gasteiger partial charge on any atom is 0.313 e. The van der Waals surface area contributed by atoms with Gasteiger partial charge in [-0.2, -0.15) is 0 Å². The molecule has 0 aromatic heterocycles. The molecule has 1 unspecified atom stereocenters. The highest BCUT2D eigenvalue weighted by Crippen LogP contribution is 2.19. The topological polar surface area (TPSA) is 83.6 Å². The molecule has 0 aliphatic carbocycles. The summed E-state index contributed by atoms with van der Waals surface area (Å²) in [6.45, 7) is 5.85. The van der Waals surface area contributed by atoms with E-state index in [2.05, 4.69) is 5.32 Å².